The predicted molar refractivity (Wildman–Crippen MR) is 81.8 cm³/mol. The molecular formula is C16H28N2O. The zero-order chi connectivity index (χ0) is 14.3. The number of nitrogens with one attached hydrogen (secondary N) is 1. The minimum absolute atomic E-state index is 0.333. The first kappa shape index (κ1) is 16.0. The molecule has 0 aliphatic rings. The van der Waals surface area contributed by atoms with Crippen molar-refractivity contribution in [3.63, 3.8) is 0 Å². The van der Waals surface area contributed by atoms with Gasteiger partial charge in [-0.05, 0) is 45.1 Å². The van der Waals surface area contributed by atoms with Gasteiger partial charge in [-0.1, -0.05) is 25.5 Å². The number of benzene rings is 1. The molecule has 0 saturated heterocycles. The molecule has 0 saturated carbocycles. The third-order valence-corrected chi connectivity index (χ3v) is 3.77. The van der Waals surface area contributed by atoms with E-state index in [1.54, 1.807) is 7.11 Å². The Morgan fingerprint density at radius 2 is 2.11 bits per heavy atom. The van der Waals surface area contributed by atoms with Gasteiger partial charge in [0.25, 0.3) is 0 Å². The van der Waals surface area contributed by atoms with Gasteiger partial charge in [-0.15, -0.1) is 0 Å². The maximum atomic E-state index is 5.30. The monoisotopic (exact) mass is 264 g/mol. The van der Waals surface area contributed by atoms with Crippen molar-refractivity contribution in [2.45, 2.75) is 38.8 Å². The number of nitrogens with zero attached hydrogens (tertiary/aromatic N) is 1. The second kappa shape index (κ2) is 8.18. The Kier molecular flexibility index (Phi) is 6.89. The largest absolute Gasteiger partial charge is 0.497 e. The van der Waals surface area contributed by atoms with Crippen LogP contribution in [-0.2, 0) is 0 Å². The Balaban J connectivity index is 2.71. The summed E-state index contributed by atoms with van der Waals surface area (Å²) in [5.74, 6) is 0.919. The van der Waals surface area contributed by atoms with E-state index in [1.165, 1.54) is 18.4 Å². The van der Waals surface area contributed by atoms with Crippen LogP contribution in [0.3, 0.4) is 0 Å². The molecule has 0 fully saturated rings. The summed E-state index contributed by atoms with van der Waals surface area (Å²) in [5, 5.41) is 3.40. The smallest absolute Gasteiger partial charge is 0.119 e. The van der Waals surface area contributed by atoms with Gasteiger partial charge in [-0.2, -0.15) is 0 Å². The Morgan fingerprint density at radius 1 is 1.37 bits per heavy atom. The molecule has 2 unspecified atom stereocenters. The van der Waals surface area contributed by atoms with Gasteiger partial charge in [0.15, 0.2) is 0 Å². The first-order valence-corrected chi connectivity index (χ1v) is 7.13. The van der Waals surface area contributed by atoms with E-state index in [9.17, 15) is 0 Å². The fraction of sp³-hybridized carbons (Fsp3) is 0.625. The second-order valence-corrected chi connectivity index (χ2v) is 5.20. The van der Waals surface area contributed by atoms with Gasteiger partial charge in [0.2, 0.25) is 0 Å². The average molecular weight is 264 g/mol. The zero-order valence-electron chi connectivity index (χ0n) is 12.9. The molecule has 19 heavy (non-hydrogen) atoms. The second-order valence-electron chi connectivity index (χ2n) is 5.20. The highest BCUT2D eigenvalue weighted by molar-refractivity contribution is 5.30. The van der Waals surface area contributed by atoms with Crippen LogP contribution in [0.1, 0.15) is 38.3 Å². The molecule has 1 aromatic rings. The lowest BCUT2D eigenvalue weighted by atomic mass is 10.0. The van der Waals surface area contributed by atoms with E-state index >= 15 is 0 Å². The van der Waals surface area contributed by atoms with Crippen LogP contribution in [0.4, 0.5) is 0 Å². The van der Waals surface area contributed by atoms with E-state index in [2.05, 4.69) is 43.2 Å². The Labute approximate surface area is 118 Å². The van der Waals surface area contributed by atoms with Gasteiger partial charge in [0.05, 0.1) is 7.11 Å². The molecule has 0 aromatic heterocycles. The van der Waals surface area contributed by atoms with E-state index in [1.807, 2.05) is 19.2 Å². The molecule has 3 heteroatoms. The summed E-state index contributed by atoms with van der Waals surface area (Å²) in [7, 11) is 5.93. The minimum atomic E-state index is 0.333. The maximum absolute atomic E-state index is 5.30. The van der Waals surface area contributed by atoms with Crippen LogP contribution in [-0.4, -0.2) is 38.7 Å². The molecule has 1 rings (SSSR count). The summed E-state index contributed by atoms with van der Waals surface area (Å²) in [6.07, 6.45) is 2.47. The Hall–Kier alpha value is -1.06. The Morgan fingerprint density at radius 3 is 2.68 bits per heavy atom. The average Bonchev–Trinajstić information content (AvgIpc) is 2.44. The van der Waals surface area contributed by atoms with Crippen LogP contribution in [0.5, 0.6) is 5.75 Å². The molecule has 1 N–H and O–H groups in total. The third-order valence-electron chi connectivity index (χ3n) is 3.77. The van der Waals surface area contributed by atoms with Crippen molar-refractivity contribution < 1.29 is 4.74 Å². The highest BCUT2D eigenvalue weighted by Gasteiger charge is 2.16. The molecule has 108 valence electrons. The van der Waals surface area contributed by atoms with E-state index < -0.39 is 0 Å². The van der Waals surface area contributed by atoms with Crippen molar-refractivity contribution in [1.29, 1.82) is 0 Å². The van der Waals surface area contributed by atoms with E-state index in [0.717, 1.165) is 12.3 Å². The molecule has 0 spiro atoms. The number of likely N-dealkylation sites (N-methyl/N-ethyl adjacent to an activating group) is 2. The molecule has 2 atom stereocenters. The van der Waals surface area contributed by atoms with Gasteiger partial charge in [-0.25, -0.2) is 0 Å². The predicted octanol–water partition coefficient (Wildman–Crippen LogP) is 3.08. The van der Waals surface area contributed by atoms with Crippen LogP contribution in [0.15, 0.2) is 24.3 Å². The molecule has 1 aromatic carbocycles. The third kappa shape index (κ3) is 4.84. The highest BCUT2D eigenvalue weighted by atomic mass is 16.5. The van der Waals surface area contributed by atoms with Crippen LogP contribution in [0, 0.1) is 0 Å². The maximum Gasteiger partial charge on any atom is 0.119 e. The summed E-state index contributed by atoms with van der Waals surface area (Å²) in [5.41, 5.74) is 1.28. The summed E-state index contributed by atoms with van der Waals surface area (Å²) < 4.78 is 5.30. The van der Waals surface area contributed by atoms with Crippen molar-refractivity contribution in [1.82, 2.24) is 10.2 Å². The van der Waals surface area contributed by atoms with Gasteiger partial charge in [0.1, 0.15) is 5.75 Å². The van der Waals surface area contributed by atoms with Crippen LogP contribution < -0.4 is 10.1 Å². The number of hydrogen-bond acceptors (Lipinski definition) is 3. The molecule has 0 bridgehead atoms. The Bertz CT molecular complexity index is 368. The number of rotatable bonds is 8. The molecular weight excluding hydrogens is 236 g/mol. The van der Waals surface area contributed by atoms with Gasteiger partial charge < -0.3 is 15.0 Å². The van der Waals surface area contributed by atoms with Crippen molar-refractivity contribution in [2.75, 3.05) is 27.7 Å². The van der Waals surface area contributed by atoms with Crippen LogP contribution >= 0.6 is 0 Å². The lowest BCUT2D eigenvalue weighted by Crippen LogP contribution is -2.36. The van der Waals surface area contributed by atoms with Gasteiger partial charge in [0, 0.05) is 18.6 Å². The van der Waals surface area contributed by atoms with Gasteiger partial charge in [-0.3, -0.25) is 0 Å². The first-order valence-electron chi connectivity index (χ1n) is 7.13. The molecule has 0 amide bonds. The molecule has 3 nitrogen and oxygen atoms in total. The molecule has 0 heterocycles. The van der Waals surface area contributed by atoms with E-state index in [4.69, 9.17) is 4.74 Å². The van der Waals surface area contributed by atoms with Crippen LogP contribution in [0.25, 0.3) is 0 Å². The number of ether oxygens (including phenoxy) is 1. The van der Waals surface area contributed by atoms with E-state index in [-0.39, 0.29) is 0 Å². The highest BCUT2D eigenvalue weighted by Crippen LogP contribution is 2.20. The number of hydrogen-bond donors (Lipinski definition) is 1. The topological polar surface area (TPSA) is 24.5 Å². The summed E-state index contributed by atoms with van der Waals surface area (Å²) >= 11 is 0. The fourth-order valence-electron chi connectivity index (χ4n) is 2.33. The van der Waals surface area contributed by atoms with Crippen molar-refractivity contribution >= 4 is 0 Å². The van der Waals surface area contributed by atoms with Crippen molar-refractivity contribution in [3.05, 3.63) is 29.8 Å². The number of methoxy groups -OCH3 is 1. The van der Waals surface area contributed by atoms with Crippen molar-refractivity contribution in [2.24, 2.45) is 0 Å². The summed E-state index contributed by atoms with van der Waals surface area (Å²) in [6, 6.07) is 9.25. The normalized spacial score (nSPS) is 14.4. The quantitative estimate of drug-likeness (QED) is 0.781. The van der Waals surface area contributed by atoms with Crippen molar-refractivity contribution in [3.8, 4) is 5.75 Å². The fourth-order valence-corrected chi connectivity index (χ4v) is 2.33. The lowest BCUT2D eigenvalue weighted by Gasteiger charge is -2.29. The van der Waals surface area contributed by atoms with Crippen LogP contribution in [0.2, 0.25) is 0 Å². The minimum Gasteiger partial charge on any atom is -0.497 e. The zero-order valence-corrected chi connectivity index (χ0v) is 12.9. The summed E-state index contributed by atoms with van der Waals surface area (Å²) in [4.78, 5) is 2.42. The first-order chi connectivity index (χ1) is 9.12. The SMILES string of the molecule is CCCC(C)N(C)CC(NC)c1cccc(OC)c1. The molecule has 0 radical (unpaired) electrons. The standard InChI is InChI=1S/C16H28N2O/c1-6-8-13(2)18(4)12-16(17-3)14-9-7-10-15(11-14)19-5/h7,9-11,13,16-17H,6,8,12H2,1-5H3. The molecule has 0 aliphatic heterocycles. The summed E-state index contributed by atoms with van der Waals surface area (Å²) in [6.45, 7) is 5.54. The lowest BCUT2D eigenvalue weighted by molar-refractivity contribution is 0.222. The molecule has 0 aliphatic carbocycles. The van der Waals surface area contributed by atoms with E-state index in [0.29, 0.717) is 12.1 Å². The van der Waals surface area contributed by atoms with Gasteiger partial charge >= 0.3 is 0 Å².